The van der Waals surface area contributed by atoms with E-state index in [1.807, 2.05) is 12.1 Å². The lowest BCUT2D eigenvalue weighted by molar-refractivity contribution is 0.0932. The summed E-state index contributed by atoms with van der Waals surface area (Å²) in [5, 5.41) is 3.07. The Hall–Kier alpha value is -2.44. The van der Waals surface area contributed by atoms with Crippen LogP contribution < -0.4 is 10.0 Å². The van der Waals surface area contributed by atoms with Gasteiger partial charge in [0.25, 0.3) is 5.91 Å². The van der Waals surface area contributed by atoms with E-state index in [4.69, 9.17) is 0 Å². The van der Waals surface area contributed by atoms with Crippen molar-refractivity contribution in [3.8, 4) is 0 Å². The average Bonchev–Trinajstić information content (AvgIpc) is 2.67. The third kappa shape index (κ3) is 4.03. The Kier molecular flexibility index (Phi) is 5.54. The number of rotatable bonds is 6. The number of amides is 1. The molecular formula is C20H22N2O3S. The summed E-state index contributed by atoms with van der Waals surface area (Å²) in [4.78, 5) is 12.7. The summed E-state index contributed by atoms with van der Waals surface area (Å²) in [6.45, 7) is 3.64. The van der Waals surface area contributed by atoms with E-state index in [9.17, 15) is 13.2 Å². The summed E-state index contributed by atoms with van der Waals surface area (Å²) in [7, 11) is -3.59. The van der Waals surface area contributed by atoms with Gasteiger partial charge in [0.1, 0.15) is 0 Å². The van der Waals surface area contributed by atoms with Crippen LogP contribution in [-0.4, -0.2) is 20.9 Å². The fourth-order valence-corrected chi connectivity index (χ4v) is 4.18. The number of hydrogen-bond acceptors (Lipinski definition) is 3. The Morgan fingerprint density at radius 2 is 1.88 bits per heavy atom. The van der Waals surface area contributed by atoms with Gasteiger partial charge >= 0.3 is 0 Å². The van der Waals surface area contributed by atoms with Gasteiger partial charge in [0.2, 0.25) is 10.0 Å². The van der Waals surface area contributed by atoms with Crippen molar-refractivity contribution in [3.63, 3.8) is 0 Å². The summed E-state index contributed by atoms with van der Waals surface area (Å²) >= 11 is 0. The van der Waals surface area contributed by atoms with Gasteiger partial charge in [-0.2, -0.15) is 0 Å². The minimum atomic E-state index is -3.59. The van der Waals surface area contributed by atoms with Gasteiger partial charge in [0, 0.05) is 12.1 Å². The Morgan fingerprint density at radius 1 is 1.15 bits per heavy atom. The van der Waals surface area contributed by atoms with Gasteiger partial charge in [-0.25, -0.2) is 13.1 Å². The third-order valence-electron chi connectivity index (χ3n) is 4.52. The van der Waals surface area contributed by atoms with Crippen LogP contribution in [0.3, 0.4) is 0 Å². The monoisotopic (exact) mass is 370 g/mol. The Morgan fingerprint density at radius 3 is 2.62 bits per heavy atom. The maximum atomic E-state index is 12.6. The van der Waals surface area contributed by atoms with E-state index < -0.39 is 10.0 Å². The minimum absolute atomic E-state index is 0.00915. The van der Waals surface area contributed by atoms with Crippen molar-refractivity contribution in [1.29, 1.82) is 0 Å². The minimum Gasteiger partial charge on any atom is -0.345 e. The molecule has 0 heterocycles. The summed E-state index contributed by atoms with van der Waals surface area (Å²) in [6.07, 6.45) is 4.45. The molecule has 1 amide bonds. The van der Waals surface area contributed by atoms with Gasteiger partial charge in [-0.3, -0.25) is 4.79 Å². The van der Waals surface area contributed by atoms with E-state index in [1.54, 1.807) is 0 Å². The zero-order valence-corrected chi connectivity index (χ0v) is 15.3. The lowest BCUT2D eigenvalue weighted by Gasteiger charge is -2.26. The van der Waals surface area contributed by atoms with Crippen molar-refractivity contribution in [2.24, 2.45) is 0 Å². The molecule has 0 aromatic heterocycles. The maximum Gasteiger partial charge on any atom is 0.251 e. The lowest BCUT2D eigenvalue weighted by atomic mass is 9.87. The summed E-state index contributed by atoms with van der Waals surface area (Å²) in [5.74, 6) is -0.199. The highest BCUT2D eigenvalue weighted by Gasteiger charge is 2.22. The number of sulfonamides is 1. The zero-order valence-electron chi connectivity index (χ0n) is 14.4. The summed E-state index contributed by atoms with van der Waals surface area (Å²) in [5.41, 5.74) is 2.88. The molecule has 0 fully saturated rings. The third-order valence-corrected chi connectivity index (χ3v) is 5.96. The molecule has 1 aliphatic rings. The number of aryl methyl sites for hydroxylation is 1. The Bertz CT molecular complexity index is 905. The molecule has 136 valence electrons. The van der Waals surface area contributed by atoms with Crippen LogP contribution >= 0.6 is 0 Å². The topological polar surface area (TPSA) is 75.3 Å². The fourth-order valence-electron chi connectivity index (χ4n) is 3.18. The molecule has 2 aromatic carbocycles. The van der Waals surface area contributed by atoms with Crippen molar-refractivity contribution in [2.45, 2.75) is 30.2 Å². The molecule has 0 saturated heterocycles. The van der Waals surface area contributed by atoms with E-state index in [-0.39, 0.29) is 23.4 Å². The van der Waals surface area contributed by atoms with E-state index in [0.717, 1.165) is 19.3 Å². The molecule has 1 aliphatic carbocycles. The zero-order chi connectivity index (χ0) is 18.6. The van der Waals surface area contributed by atoms with Crippen LogP contribution in [0.1, 0.15) is 40.4 Å². The van der Waals surface area contributed by atoms with Crippen LogP contribution in [0.25, 0.3) is 0 Å². The van der Waals surface area contributed by atoms with E-state index >= 15 is 0 Å². The fraction of sp³-hybridized carbons (Fsp3) is 0.250. The summed E-state index contributed by atoms with van der Waals surface area (Å²) in [6, 6.07) is 14.1. The van der Waals surface area contributed by atoms with Crippen molar-refractivity contribution in [1.82, 2.24) is 10.0 Å². The van der Waals surface area contributed by atoms with Gasteiger partial charge in [0.15, 0.2) is 0 Å². The van der Waals surface area contributed by atoms with Crippen LogP contribution in [0.5, 0.6) is 0 Å². The summed E-state index contributed by atoms with van der Waals surface area (Å²) < 4.78 is 26.5. The molecule has 0 saturated carbocycles. The van der Waals surface area contributed by atoms with E-state index in [1.165, 1.54) is 41.5 Å². The number of nitrogens with one attached hydrogen (secondary N) is 2. The highest BCUT2D eigenvalue weighted by atomic mass is 32.2. The van der Waals surface area contributed by atoms with Gasteiger partial charge in [0.05, 0.1) is 10.9 Å². The first-order valence-corrected chi connectivity index (χ1v) is 10.1. The normalized spacial score (nSPS) is 16.5. The Labute approximate surface area is 154 Å². The highest BCUT2D eigenvalue weighted by molar-refractivity contribution is 7.89. The van der Waals surface area contributed by atoms with Crippen LogP contribution in [0.2, 0.25) is 0 Å². The standard InChI is InChI=1S/C20H22N2O3S/c1-2-14-21-26(24,25)17-12-10-16(11-13-17)20(23)22-19-9-5-7-15-6-3-4-8-18(15)19/h2-4,6,8,10-13,19,21H,1,5,7,9,14H2,(H,22,23). The van der Waals surface area contributed by atoms with E-state index in [2.05, 4.69) is 28.8 Å². The quantitative estimate of drug-likeness (QED) is 0.768. The number of benzene rings is 2. The molecule has 3 rings (SSSR count). The molecule has 0 spiro atoms. The van der Waals surface area contributed by atoms with Crippen LogP contribution in [-0.2, 0) is 16.4 Å². The predicted octanol–water partition coefficient (Wildman–Crippen LogP) is 2.96. The first-order valence-electron chi connectivity index (χ1n) is 8.60. The molecule has 1 unspecified atom stereocenters. The molecule has 2 aromatic rings. The lowest BCUT2D eigenvalue weighted by Crippen LogP contribution is -2.31. The van der Waals surface area contributed by atoms with Crippen molar-refractivity contribution < 1.29 is 13.2 Å². The second-order valence-electron chi connectivity index (χ2n) is 6.28. The van der Waals surface area contributed by atoms with Crippen molar-refractivity contribution in [3.05, 3.63) is 77.9 Å². The van der Waals surface area contributed by atoms with Gasteiger partial charge < -0.3 is 5.32 Å². The first kappa shape index (κ1) is 18.4. The molecule has 26 heavy (non-hydrogen) atoms. The molecule has 2 N–H and O–H groups in total. The Balaban J connectivity index is 1.73. The van der Waals surface area contributed by atoms with Crippen molar-refractivity contribution >= 4 is 15.9 Å². The van der Waals surface area contributed by atoms with Crippen LogP contribution in [0.15, 0.2) is 66.1 Å². The maximum absolute atomic E-state index is 12.6. The van der Waals surface area contributed by atoms with Gasteiger partial charge in [-0.1, -0.05) is 30.3 Å². The smallest absolute Gasteiger partial charge is 0.251 e. The van der Waals surface area contributed by atoms with Gasteiger partial charge in [-0.15, -0.1) is 6.58 Å². The number of fused-ring (bicyclic) bond motifs is 1. The van der Waals surface area contributed by atoms with Crippen molar-refractivity contribution in [2.75, 3.05) is 6.54 Å². The number of carbonyl (C=O) groups is 1. The second kappa shape index (κ2) is 7.85. The molecule has 1 atom stereocenters. The van der Waals surface area contributed by atoms with Crippen LogP contribution in [0, 0.1) is 0 Å². The van der Waals surface area contributed by atoms with E-state index in [0.29, 0.717) is 5.56 Å². The van der Waals surface area contributed by atoms with Gasteiger partial charge in [-0.05, 0) is 54.7 Å². The average molecular weight is 370 g/mol. The SMILES string of the molecule is C=CCNS(=O)(=O)c1ccc(C(=O)NC2CCCc3ccccc32)cc1. The largest absolute Gasteiger partial charge is 0.345 e. The highest BCUT2D eigenvalue weighted by Crippen LogP contribution is 2.29. The predicted molar refractivity (Wildman–Crippen MR) is 101 cm³/mol. The second-order valence-corrected chi connectivity index (χ2v) is 8.05. The molecule has 0 radical (unpaired) electrons. The molecule has 6 heteroatoms. The first-order chi connectivity index (χ1) is 12.5. The molecular weight excluding hydrogens is 348 g/mol. The molecule has 5 nitrogen and oxygen atoms in total. The number of carbonyl (C=O) groups excluding carboxylic acids is 1. The van der Waals surface area contributed by atoms with Crippen LogP contribution in [0.4, 0.5) is 0 Å². The number of hydrogen-bond donors (Lipinski definition) is 2. The molecule has 0 bridgehead atoms. The molecule has 0 aliphatic heterocycles.